The summed E-state index contributed by atoms with van der Waals surface area (Å²) in [5.74, 6) is -2.37. The Morgan fingerprint density at radius 1 is 1.14 bits per heavy atom. The fourth-order valence-corrected chi connectivity index (χ4v) is 1.18. The Hall–Kier alpha value is -2.04. The van der Waals surface area contributed by atoms with Gasteiger partial charge in [-0.2, -0.15) is 0 Å². The van der Waals surface area contributed by atoms with Crippen molar-refractivity contribution in [2.24, 2.45) is 0 Å². The van der Waals surface area contributed by atoms with E-state index in [9.17, 15) is 9.59 Å². The molecule has 0 aliphatic heterocycles. The van der Waals surface area contributed by atoms with Crippen LogP contribution in [0.5, 0.6) is 0 Å². The summed E-state index contributed by atoms with van der Waals surface area (Å²) in [4.78, 5) is 21.4. The summed E-state index contributed by atoms with van der Waals surface area (Å²) < 4.78 is 0. The van der Waals surface area contributed by atoms with Gasteiger partial charge in [-0.25, -0.2) is 9.59 Å². The molecule has 0 bridgehead atoms. The van der Waals surface area contributed by atoms with Crippen molar-refractivity contribution in [1.82, 2.24) is 0 Å². The van der Waals surface area contributed by atoms with Crippen LogP contribution in [0.25, 0.3) is 0 Å². The predicted octanol–water partition coefficient (Wildman–Crippen LogP) is 0.974. The van der Waals surface area contributed by atoms with Gasteiger partial charge < -0.3 is 15.9 Å². The molecule has 0 heterocycles. The molecule has 0 aromatic heterocycles. The molecule has 0 aliphatic rings. The topological polar surface area (TPSA) is 101 Å². The number of rotatable bonds is 2. The highest BCUT2D eigenvalue weighted by molar-refractivity contribution is 5.97. The van der Waals surface area contributed by atoms with Crippen LogP contribution in [-0.4, -0.2) is 22.2 Å². The number of carboxylic acid groups (broad SMARTS) is 2. The van der Waals surface area contributed by atoms with E-state index in [1.165, 1.54) is 19.1 Å². The number of nitrogens with two attached hydrogens (primary N) is 1. The number of aromatic carboxylic acids is 2. The van der Waals surface area contributed by atoms with Crippen LogP contribution in [0.2, 0.25) is 0 Å². The van der Waals surface area contributed by atoms with Gasteiger partial charge >= 0.3 is 11.9 Å². The van der Waals surface area contributed by atoms with Gasteiger partial charge in [0, 0.05) is 5.69 Å². The van der Waals surface area contributed by atoms with Crippen molar-refractivity contribution in [3.05, 3.63) is 28.8 Å². The minimum Gasteiger partial charge on any atom is -0.478 e. The van der Waals surface area contributed by atoms with Crippen LogP contribution in [0.3, 0.4) is 0 Å². The summed E-state index contributed by atoms with van der Waals surface area (Å²) in [6, 6.07) is 2.48. The molecule has 0 atom stereocenters. The highest BCUT2D eigenvalue weighted by Crippen LogP contribution is 2.18. The van der Waals surface area contributed by atoms with E-state index in [1.54, 1.807) is 0 Å². The minimum atomic E-state index is -1.18. The number of hydrogen-bond donors (Lipinski definition) is 3. The lowest BCUT2D eigenvalue weighted by Gasteiger charge is -2.06. The molecule has 14 heavy (non-hydrogen) atoms. The maximum Gasteiger partial charge on any atom is 0.336 e. The highest BCUT2D eigenvalue weighted by Gasteiger charge is 2.15. The number of anilines is 1. The van der Waals surface area contributed by atoms with Gasteiger partial charge in [-0.3, -0.25) is 0 Å². The van der Waals surface area contributed by atoms with E-state index in [-0.39, 0.29) is 22.4 Å². The Morgan fingerprint density at radius 2 is 1.50 bits per heavy atom. The van der Waals surface area contributed by atoms with E-state index < -0.39 is 11.9 Å². The number of benzene rings is 1. The lowest BCUT2D eigenvalue weighted by Crippen LogP contribution is -2.08. The summed E-state index contributed by atoms with van der Waals surface area (Å²) in [7, 11) is 0. The van der Waals surface area contributed by atoms with Gasteiger partial charge in [-0.1, -0.05) is 0 Å². The minimum absolute atomic E-state index is 0.0811. The van der Waals surface area contributed by atoms with Crippen molar-refractivity contribution >= 4 is 17.6 Å². The van der Waals surface area contributed by atoms with Crippen LogP contribution < -0.4 is 5.73 Å². The van der Waals surface area contributed by atoms with Gasteiger partial charge in [0.15, 0.2) is 0 Å². The average Bonchev–Trinajstić information content (AvgIpc) is 2.07. The second-order valence-electron chi connectivity index (χ2n) is 2.85. The summed E-state index contributed by atoms with van der Waals surface area (Å²) in [5.41, 5.74) is 5.55. The molecule has 5 heteroatoms. The molecule has 0 saturated heterocycles. The molecule has 1 aromatic carbocycles. The lowest BCUT2D eigenvalue weighted by atomic mass is 10.0. The Morgan fingerprint density at radius 3 is 1.79 bits per heavy atom. The van der Waals surface area contributed by atoms with Crippen molar-refractivity contribution in [1.29, 1.82) is 0 Å². The van der Waals surface area contributed by atoms with Crippen LogP contribution in [0.1, 0.15) is 26.3 Å². The third-order valence-electron chi connectivity index (χ3n) is 1.89. The van der Waals surface area contributed by atoms with Crippen LogP contribution in [0.15, 0.2) is 12.1 Å². The summed E-state index contributed by atoms with van der Waals surface area (Å²) in [5, 5.41) is 17.5. The van der Waals surface area contributed by atoms with E-state index in [1.807, 2.05) is 0 Å². The first-order chi connectivity index (χ1) is 6.43. The molecular formula is C9H9NO4. The van der Waals surface area contributed by atoms with Crippen molar-refractivity contribution in [2.45, 2.75) is 6.92 Å². The SMILES string of the molecule is Cc1c(C(=O)O)cc(N)cc1C(=O)O. The van der Waals surface area contributed by atoms with Crippen LogP contribution in [0.4, 0.5) is 5.69 Å². The van der Waals surface area contributed by atoms with E-state index in [4.69, 9.17) is 15.9 Å². The van der Waals surface area contributed by atoms with Crippen molar-refractivity contribution in [3.63, 3.8) is 0 Å². The van der Waals surface area contributed by atoms with Crippen molar-refractivity contribution in [2.75, 3.05) is 5.73 Å². The van der Waals surface area contributed by atoms with E-state index in [0.29, 0.717) is 0 Å². The molecule has 4 N–H and O–H groups in total. The summed E-state index contributed by atoms with van der Waals surface area (Å²) >= 11 is 0. The zero-order valence-corrected chi connectivity index (χ0v) is 7.44. The Bertz CT molecular complexity index is 376. The molecule has 5 nitrogen and oxygen atoms in total. The Labute approximate surface area is 79.8 Å². The molecular weight excluding hydrogens is 186 g/mol. The summed E-state index contributed by atoms with van der Waals surface area (Å²) in [6.07, 6.45) is 0. The second kappa shape index (κ2) is 3.37. The third kappa shape index (κ3) is 1.66. The predicted molar refractivity (Wildman–Crippen MR) is 49.5 cm³/mol. The average molecular weight is 195 g/mol. The first kappa shape index (κ1) is 10.0. The van der Waals surface area contributed by atoms with Crippen LogP contribution in [0, 0.1) is 6.92 Å². The molecule has 74 valence electrons. The highest BCUT2D eigenvalue weighted by atomic mass is 16.4. The van der Waals surface area contributed by atoms with Gasteiger partial charge in [0.2, 0.25) is 0 Å². The zero-order chi connectivity index (χ0) is 10.9. The molecule has 0 radical (unpaired) electrons. The van der Waals surface area contributed by atoms with E-state index >= 15 is 0 Å². The fraction of sp³-hybridized carbons (Fsp3) is 0.111. The van der Waals surface area contributed by atoms with Crippen LogP contribution in [-0.2, 0) is 0 Å². The zero-order valence-electron chi connectivity index (χ0n) is 7.44. The van der Waals surface area contributed by atoms with E-state index in [2.05, 4.69) is 0 Å². The fourth-order valence-electron chi connectivity index (χ4n) is 1.18. The molecule has 0 fully saturated rings. The molecule has 0 saturated carbocycles. The van der Waals surface area contributed by atoms with Gasteiger partial charge in [0.05, 0.1) is 11.1 Å². The molecule has 1 rings (SSSR count). The van der Waals surface area contributed by atoms with Crippen molar-refractivity contribution < 1.29 is 19.8 Å². The van der Waals surface area contributed by atoms with Crippen LogP contribution >= 0.6 is 0 Å². The van der Waals surface area contributed by atoms with Gasteiger partial charge in [-0.15, -0.1) is 0 Å². The molecule has 0 aliphatic carbocycles. The second-order valence-corrected chi connectivity index (χ2v) is 2.85. The number of hydrogen-bond acceptors (Lipinski definition) is 3. The smallest absolute Gasteiger partial charge is 0.336 e. The quantitative estimate of drug-likeness (QED) is 0.610. The molecule has 0 spiro atoms. The van der Waals surface area contributed by atoms with Crippen molar-refractivity contribution in [3.8, 4) is 0 Å². The van der Waals surface area contributed by atoms with Gasteiger partial charge in [0.25, 0.3) is 0 Å². The first-order valence-electron chi connectivity index (χ1n) is 3.80. The maximum absolute atomic E-state index is 10.7. The van der Waals surface area contributed by atoms with Gasteiger partial charge in [0.1, 0.15) is 0 Å². The third-order valence-corrected chi connectivity index (χ3v) is 1.89. The Kier molecular flexibility index (Phi) is 2.42. The van der Waals surface area contributed by atoms with Gasteiger partial charge in [-0.05, 0) is 24.6 Å². The maximum atomic E-state index is 10.7. The standard InChI is InChI=1S/C9H9NO4/c1-4-6(8(11)12)2-5(10)3-7(4)9(13)14/h2-3H,10H2,1H3,(H,11,12)(H,13,14). The monoisotopic (exact) mass is 195 g/mol. The lowest BCUT2D eigenvalue weighted by molar-refractivity contribution is 0.0696. The number of nitrogen functional groups attached to an aromatic ring is 1. The molecule has 0 amide bonds. The van der Waals surface area contributed by atoms with E-state index in [0.717, 1.165) is 0 Å². The first-order valence-corrected chi connectivity index (χ1v) is 3.80. The molecule has 1 aromatic rings. The Balaban J connectivity index is 3.47. The number of carboxylic acids is 2. The largest absolute Gasteiger partial charge is 0.478 e. The summed E-state index contributed by atoms with van der Waals surface area (Å²) in [6.45, 7) is 1.44. The number of carbonyl (C=O) groups is 2. The molecule has 0 unspecified atom stereocenters. The normalized spacial score (nSPS) is 9.79.